The van der Waals surface area contributed by atoms with Crippen LogP contribution in [-0.2, 0) is 13.0 Å². The molecule has 0 saturated carbocycles. The smallest absolute Gasteiger partial charge is 0.122 e. The van der Waals surface area contributed by atoms with Gasteiger partial charge in [0, 0.05) is 11.9 Å². The number of nitrogens with zero attached hydrogens (tertiary/aromatic N) is 1. The van der Waals surface area contributed by atoms with Crippen molar-refractivity contribution >= 4 is 11.3 Å². The van der Waals surface area contributed by atoms with E-state index in [1.54, 1.807) is 11.3 Å². The highest BCUT2D eigenvalue weighted by atomic mass is 32.1. The van der Waals surface area contributed by atoms with E-state index < -0.39 is 0 Å². The van der Waals surface area contributed by atoms with Crippen LogP contribution >= 0.6 is 11.3 Å². The molecule has 0 fully saturated rings. The van der Waals surface area contributed by atoms with Crippen LogP contribution < -0.4 is 10.1 Å². The monoisotopic (exact) mass is 336 g/mol. The molecule has 1 aliphatic heterocycles. The lowest BCUT2D eigenvalue weighted by Gasteiger charge is -2.23. The molecule has 0 spiro atoms. The largest absolute Gasteiger partial charge is 0.493 e. The third-order valence-electron chi connectivity index (χ3n) is 4.37. The van der Waals surface area contributed by atoms with Crippen LogP contribution in [-0.4, -0.2) is 11.6 Å². The molecule has 0 amide bonds. The lowest BCUT2D eigenvalue weighted by atomic mass is 9.95. The van der Waals surface area contributed by atoms with Crippen molar-refractivity contribution in [1.29, 1.82) is 0 Å². The van der Waals surface area contributed by atoms with Gasteiger partial charge in [-0.1, -0.05) is 42.5 Å². The highest BCUT2D eigenvalue weighted by Crippen LogP contribution is 2.30. The Labute approximate surface area is 146 Å². The molecular weight excluding hydrogens is 316 g/mol. The zero-order chi connectivity index (χ0) is 16.2. The first-order valence-corrected chi connectivity index (χ1v) is 9.25. The Morgan fingerprint density at radius 3 is 2.88 bits per heavy atom. The summed E-state index contributed by atoms with van der Waals surface area (Å²) >= 11 is 1.63. The number of nitrogens with one attached hydrogen (secondary N) is 1. The Balaban J connectivity index is 1.64. The topological polar surface area (TPSA) is 34.2 Å². The molecule has 0 radical (unpaired) electrons. The standard InChI is InChI=1S/C20H20N2OS/c1-2-5-15(6-3-1)20(21-12-18-13-24-14-22-18)17-8-9-19-16(11-17)7-4-10-23-19/h1-3,5-6,8-9,11,13-14,20-21H,4,7,10,12H2. The van der Waals surface area contributed by atoms with Gasteiger partial charge in [-0.15, -0.1) is 11.3 Å². The number of benzene rings is 2. The second-order valence-corrected chi connectivity index (χ2v) is 6.74. The molecule has 1 unspecified atom stereocenters. The van der Waals surface area contributed by atoms with Gasteiger partial charge < -0.3 is 10.1 Å². The summed E-state index contributed by atoms with van der Waals surface area (Å²) in [6.45, 7) is 1.59. The van der Waals surface area contributed by atoms with Gasteiger partial charge in [0.05, 0.1) is 23.9 Å². The molecule has 1 N–H and O–H groups in total. The van der Waals surface area contributed by atoms with Gasteiger partial charge in [0.15, 0.2) is 0 Å². The van der Waals surface area contributed by atoms with Crippen LogP contribution in [0.3, 0.4) is 0 Å². The number of aromatic nitrogens is 1. The fourth-order valence-corrected chi connectivity index (χ4v) is 3.72. The lowest BCUT2D eigenvalue weighted by Crippen LogP contribution is -2.22. The van der Waals surface area contributed by atoms with Crippen molar-refractivity contribution in [2.75, 3.05) is 6.61 Å². The molecule has 122 valence electrons. The maximum absolute atomic E-state index is 5.75. The summed E-state index contributed by atoms with van der Waals surface area (Å²) in [5, 5.41) is 5.76. The fraction of sp³-hybridized carbons (Fsp3) is 0.250. The van der Waals surface area contributed by atoms with Crippen LogP contribution in [0.4, 0.5) is 0 Å². The van der Waals surface area contributed by atoms with Crippen molar-refractivity contribution in [2.45, 2.75) is 25.4 Å². The number of rotatable bonds is 5. The average Bonchev–Trinajstić information content (AvgIpc) is 3.16. The van der Waals surface area contributed by atoms with Crippen molar-refractivity contribution in [1.82, 2.24) is 10.3 Å². The van der Waals surface area contributed by atoms with E-state index in [0.29, 0.717) is 0 Å². The Kier molecular flexibility index (Phi) is 4.58. The number of fused-ring (bicyclic) bond motifs is 1. The fourth-order valence-electron chi connectivity index (χ4n) is 3.16. The summed E-state index contributed by atoms with van der Waals surface area (Å²) in [4.78, 5) is 4.38. The minimum absolute atomic E-state index is 0.153. The highest BCUT2D eigenvalue weighted by molar-refractivity contribution is 7.07. The number of ether oxygens (including phenoxy) is 1. The van der Waals surface area contributed by atoms with Crippen LogP contribution in [0.15, 0.2) is 59.4 Å². The molecule has 3 aromatic rings. The molecular formula is C20H20N2OS. The summed E-state index contributed by atoms with van der Waals surface area (Å²) in [7, 11) is 0. The molecule has 3 nitrogen and oxygen atoms in total. The van der Waals surface area contributed by atoms with E-state index in [1.807, 2.05) is 5.51 Å². The van der Waals surface area contributed by atoms with E-state index >= 15 is 0 Å². The SMILES string of the molecule is c1ccc(C(NCc2cscn2)c2ccc3c(c2)CCCO3)cc1. The highest BCUT2D eigenvalue weighted by Gasteiger charge is 2.17. The van der Waals surface area contributed by atoms with Gasteiger partial charge in [0.1, 0.15) is 5.75 Å². The maximum atomic E-state index is 5.75. The molecule has 2 heterocycles. The summed E-state index contributed by atoms with van der Waals surface area (Å²) in [6.07, 6.45) is 2.19. The first kappa shape index (κ1) is 15.4. The van der Waals surface area contributed by atoms with Crippen molar-refractivity contribution in [3.8, 4) is 5.75 Å². The first-order chi connectivity index (χ1) is 11.9. The zero-order valence-electron chi connectivity index (χ0n) is 13.4. The Morgan fingerprint density at radius 1 is 1.12 bits per heavy atom. The second kappa shape index (κ2) is 7.16. The Bertz CT molecular complexity index is 787. The van der Waals surface area contributed by atoms with Gasteiger partial charge >= 0.3 is 0 Å². The normalized spacial score (nSPS) is 14.7. The third kappa shape index (κ3) is 3.35. The van der Waals surface area contributed by atoms with Crippen LogP contribution in [0.25, 0.3) is 0 Å². The molecule has 0 saturated heterocycles. The van der Waals surface area contributed by atoms with Crippen LogP contribution in [0, 0.1) is 0 Å². The molecule has 1 atom stereocenters. The molecule has 24 heavy (non-hydrogen) atoms. The van der Waals surface area contributed by atoms with Gasteiger partial charge in [-0.05, 0) is 35.6 Å². The Hall–Kier alpha value is -2.17. The van der Waals surface area contributed by atoms with Gasteiger partial charge in [-0.3, -0.25) is 0 Å². The second-order valence-electron chi connectivity index (χ2n) is 6.02. The van der Waals surface area contributed by atoms with Crippen LogP contribution in [0.1, 0.15) is 34.8 Å². The van der Waals surface area contributed by atoms with Gasteiger partial charge in [-0.2, -0.15) is 0 Å². The van der Waals surface area contributed by atoms with Gasteiger partial charge in [-0.25, -0.2) is 4.98 Å². The lowest BCUT2D eigenvalue weighted by molar-refractivity contribution is 0.288. The number of hydrogen-bond acceptors (Lipinski definition) is 4. The minimum atomic E-state index is 0.153. The van der Waals surface area contributed by atoms with E-state index in [9.17, 15) is 0 Å². The van der Waals surface area contributed by atoms with Crippen molar-refractivity contribution in [3.63, 3.8) is 0 Å². The number of thiazole rings is 1. The third-order valence-corrected chi connectivity index (χ3v) is 5.00. The summed E-state index contributed by atoms with van der Waals surface area (Å²) in [5.74, 6) is 1.04. The van der Waals surface area contributed by atoms with E-state index in [1.165, 1.54) is 16.7 Å². The molecule has 1 aliphatic rings. The summed E-state index contributed by atoms with van der Waals surface area (Å²) in [5.41, 5.74) is 6.83. The quantitative estimate of drug-likeness (QED) is 0.752. The minimum Gasteiger partial charge on any atom is -0.493 e. The van der Waals surface area contributed by atoms with Gasteiger partial charge in [0.25, 0.3) is 0 Å². The average molecular weight is 336 g/mol. The van der Waals surface area contributed by atoms with Crippen molar-refractivity contribution < 1.29 is 4.74 Å². The molecule has 1 aromatic heterocycles. The van der Waals surface area contributed by atoms with E-state index in [0.717, 1.165) is 37.4 Å². The molecule has 0 bridgehead atoms. The zero-order valence-corrected chi connectivity index (χ0v) is 14.3. The molecule has 0 aliphatic carbocycles. The predicted molar refractivity (Wildman–Crippen MR) is 97.5 cm³/mol. The van der Waals surface area contributed by atoms with Crippen molar-refractivity contribution in [3.05, 3.63) is 81.8 Å². The molecule has 4 heteroatoms. The van der Waals surface area contributed by atoms with Gasteiger partial charge in [0.2, 0.25) is 0 Å². The predicted octanol–water partition coefficient (Wildman–Crippen LogP) is 4.35. The molecule has 2 aromatic carbocycles. The number of hydrogen-bond donors (Lipinski definition) is 1. The van der Waals surface area contributed by atoms with E-state index in [2.05, 4.69) is 64.2 Å². The van der Waals surface area contributed by atoms with E-state index in [4.69, 9.17) is 4.74 Å². The van der Waals surface area contributed by atoms with Crippen LogP contribution in [0.2, 0.25) is 0 Å². The first-order valence-electron chi connectivity index (χ1n) is 8.31. The summed E-state index contributed by atoms with van der Waals surface area (Å²) < 4.78 is 5.75. The van der Waals surface area contributed by atoms with E-state index in [-0.39, 0.29) is 6.04 Å². The van der Waals surface area contributed by atoms with Crippen LogP contribution in [0.5, 0.6) is 5.75 Å². The molecule has 4 rings (SSSR count). The van der Waals surface area contributed by atoms with Crippen molar-refractivity contribution in [2.24, 2.45) is 0 Å². The maximum Gasteiger partial charge on any atom is 0.122 e. The number of aryl methyl sites for hydroxylation is 1. The Morgan fingerprint density at radius 2 is 2.04 bits per heavy atom. The summed E-state index contributed by atoms with van der Waals surface area (Å²) in [6, 6.07) is 17.3.